The number of hydrogen-bond acceptors (Lipinski definition) is 4. The number of aryl methyl sites for hydroxylation is 2. The van der Waals surface area contributed by atoms with Crippen molar-refractivity contribution in [1.82, 2.24) is 10.2 Å². The molecule has 2 atom stereocenters. The summed E-state index contributed by atoms with van der Waals surface area (Å²) in [5.74, 6) is -0.850. The van der Waals surface area contributed by atoms with Gasteiger partial charge < -0.3 is 10.2 Å². The van der Waals surface area contributed by atoms with Gasteiger partial charge in [0.2, 0.25) is 21.8 Å². The number of sulfonamides is 1. The largest absolute Gasteiger partial charge is 0.352 e. The molecule has 0 unspecified atom stereocenters. The maximum atomic E-state index is 13.6. The monoisotopic (exact) mass is 541 g/mol. The lowest BCUT2D eigenvalue weighted by molar-refractivity contribution is -0.139. The molecule has 35 heavy (non-hydrogen) atoms. The number of carbonyl (C=O) groups is 2. The Hall–Kier alpha value is -2.29. The van der Waals surface area contributed by atoms with Gasteiger partial charge in [0.1, 0.15) is 12.6 Å². The van der Waals surface area contributed by atoms with Gasteiger partial charge in [-0.3, -0.25) is 13.9 Å². The van der Waals surface area contributed by atoms with Crippen LogP contribution in [0.2, 0.25) is 10.0 Å². The topological polar surface area (TPSA) is 86.8 Å². The molecule has 7 nitrogen and oxygen atoms in total. The third-order valence-corrected chi connectivity index (χ3v) is 7.56. The minimum Gasteiger partial charge on any atom is -0.352 e. The molecule has 192 valence electrons. The van der Waals surface area contributed by atoms with Crippen LogP contribution in [-0.4, -0.2) is 50.0 Å². The minimum absolute atomic E-state index is 0.0509. The van der Waals surface area contributed by atoms with Crippen molar-refractivity contribution in [2.45, 2.75) is 59.7 Å². The number of hydrogen-bond donors (Lipinski definition) is 1. The van der Waals surface area contributed by atoms with E-state index in [0.29, 0.717) is 21.3 Å². The SMILES string of the molecule is CC[C@@H](C)NC(=O)[C@@H](C)N(Cc1ccc(Cl)c(Cl)c1)C(=O)CN(c1cc(C)cc(C)c1)S(C)(=O)=O. The van der Waals surface area contributed by atoms with E-state index >= 15 is 0 Å². The zero-order valence-corrected chi connectivity index (χ0v) is 23.3. The molecule has 0 spiro atoms. The van der Waals surface area contributed by atoms with E-state index in [1.54, 1.807) is 37.3 Å². The highest BCUT2D eigenvalue weighted by Gasteiger charge is 2.30. The van der Waals surface area contributed by atoms with E-state index in [1.165, 1.54) is 4.90 Å². The Morgan fingerprint density at radius 1 is 1.00 bits per heavy atom. The number of rotatable bonds is 10. The summed E-state index contributed by atoms with van der Waals surface area (Å²) in [6.45, 7) is 8.75. The molecule has 2 rings (SSSR count). The van der Waals surface area contributed by atoms with E-state index in [2.05, 4.69) is 5.32 Å². The first-order chi connectivity index (χ1) is 16.2. The van der Waals surface area contributed by atoms with E-state index in [-0.39, 0.29) is 18.5 Å². The molecular formula is C25H33Cl2N3O4S. The molecule has 0 fully saturated rings. The summed E-state index contributed by atoms with van der Waals surface area (Å²) in [5.41, 5.74) is 2.79. The van der Waals surface area contributed by atoms with E-state index in [9.17, 15) is 18.0 Å². The lowest BCUT2D eigenvalue weighted by Crippen LogP contribution is -2.52. The molecule has 10 heteroatoms. The van der Waals surface area contributed by atoms with Crippen molar-refractivity contribution in [3.05, 3.63) is 63.1 Å². The molecule has 0 aromatic heterocycles. The summed E-state index contributed by atoms with van der Waals surface area (Å²) in [6, 6.07) is 9.37. The van der Waals surface area contributed by atoms with Gasteiger partial charge in [-0.2, -0.15) is 0 Å². The Morgan fingerprint density at radius 2 is 1.60 bits per heavy atom. The predicted octanol–water partition coefficient (Wildman–Crippen LogP) is 4.71. The van der Waals surface area contributed by atoms with Gasteiger partial charge >= 0.3 is 0 Å². The molecule has 0 heterocycles. The van der Waals surface area contributed by atoms with Crippen LogP contribution in [0.5, 0.6) is 0 Å². The highest BCUT2D eigenvalue weighted by molar-refractivity contribution is 7.92. The van der Waals surface area contributed by atoms with Crippen LogP contribution >= 0.6 is 23.2 Å². The molecular weight excluding hydrogens is 509 g/mol. The second-order valence-electron chi connectivity index (χ2n) is 8.88. The first-order valence-electron chi connectivity index (χ1n) is 11.3. The lowest BCUT2D eigenvalue weighted by Gasteiger charge is -2.32. The van der Waals surface area contributed by atoms with Gasteiger partial charge in [0, 0.05) is 12.6 Å². The fourth-order valence-electron chi connectivity index (χ4n) is 3.59. The summed E-state index contributed by atoms with van der Waals surface area (Å²) in [4.78, 5) is 27.9. The Labute approximate surface area is 218 Å². The van der Waals surface area contributed by atoms with Crippen LogP contribution in [0, 0.1) is 13.8 Å². The molecule has 2 amide bonds. The van der Waals surface area contributed by atoms with Crippen LogP contribution in [0.1, 0.15) is 43.9 Å². The van der Waals surface area contributed by atoms with Crippen molar-refractivity contribution in [2.24, 2.45) is 0 Å². The van der Waals surface area contributed by atoms with Gasteiger partial charge in [-0.1, -0.05) is 42.3 Å². The van der Waals surface area contributed by atoms with Crippen LogP contribution in [-0.2, 0) is 26.2 Å². The van der Waals surface area contributed by atoms with Crippen molar-refractivity contribution in [1.29, 1.82) is 0 Å². The number of anilines is 1. The summed E-state index contributed by atoms with van der Waals surface area (Å²) < 4.78 is 26.4. The second kappa shape index (κ2) is 12.1. The summed E-state index contributed by atoms with van der Waals surface area (Å²) >= 11 is 12.2. The zero-order chi connectivity index (χ0) is 26.5. The number of amides is 2. The Morgan fingerprint density at radius 3 is 2.11 bits per heavy atom. The summed E-state index contributed by atoms with van der Waals surface area (Å²) in [7, 11) is -3.79. The predicted molar refractivity (Wildman–Crippen MR) is 142 cm³/mol. The van der Waals surface area contributed by atoms with Crippen LogP contribution in [0.25, 0.3) is 0 Å². The highest BCUT2D eigenvalue weighted by Crippen LogP contribution is 2.25. The molecule has 0 aliphatic heterocycles. The number of halogens is 2. The van der Waals surface area contributed by atoms with Gasteiger partial charge in [0.15, 0.2) is 0 Å². The maximum absolute atomic E-state index is 13.6. The molecule has 1 N–H and O–H groups in total. The van der Waals surface area contributed by atoms with Crippen molar-refractivity contribution >= 4 is 50.7 Å². The highest BCUT2D eigenvalue weighted by atomic mass is 35.5. The van der Waals surface area contributed by atoms with Crippen LogP contribution in [0.15, 0.2) is 36.4 Å². The van der Waals surface area contributed by atoms with Gasteiger partial charge in [0.25, 0.3) is 0 Å². The first-order valence-corrected chi connectivity index (χ1v) is 13.9. The third-order valence-electron chi connectivity index (χ3n) is 5.68. The molecule has 2 aromatic rings. The fourth-order valence-corrected chi connectivity index (χ4v) is 4.75. The Kier molecular flexibility index (Phi) is 10.0. The van der Waals surface area contributed by atoms with Crippen molar-refractivity contribution < 1.29 is 18.0 Å². The average molecular weight is 543 g/mol. The molecule has 2 aromatic carbocycles. The lowest BCUT2D eigenvalue weighted by atomic mass is 10.1. The molecule has 0 aliphatic carbocycles. The molecule has 0 radical (unpaired) electrons. The van der Waals surface area contributed by atoms with E-state index in [0.717, 1.165) is 28.1 Å². The number of nitrogens with zero attached hydrogens (tertiary/aromatic N) is 2. The standard InChI is InChI=1S/C25H33Cl2N3O4S/c1-7-18(4)28-25(32)19(5)29(14-20-8-9-22(26)23(27)13-20)24(31)15-30(35(6,33)34)21-11-16(2)10-17(3)12-21/h8-13,18-19H,7,14-15H2,1-6H3,(H,28,32)/t18-,19-/m1/s1. The Bertz CT molecular complexity index is 1170. The molecule has 0 aliphatic rings. The van der Waals surface area contributed by atoms with Crippen LogP contribution in [0.3, 0.4) is 0 Å². The fraction of sp³-hybridized carbons (Fsp3) is 0.440. The Balaban J connectivity index is 2.44. The minimum atomic E-state index is -3.79. The number of nitrogens with one attached hydrogen (secondary N) is 1. The van der Waals surface area contributed by atoms with Gasteiger partial charge in [-0.05, 0) is 75.1 Å². The van der Waals surface area contributed by atoms with E-state index < -0.39 is 28.5 Å². The van der Waals surface area contributed by atoms with Crippen molar-refractivity contribution in [2.75, 3.05) is 17.1 Å². The van der Waals surface area contributed by atoms with Gasteiger partial charge in [-0.15, -0.1) is 0 Å². The van der Waals surface area contributed by atoms with Crippen LogP contribution < -0.4 is 9.62 Å². The molecule has 0 saturated heterocycles. The number of benzene rings is 2. The zero-order valence-electron chi connectivity index (χ0n) is 20.9. The van der Waals surface area contributed by atoms with Crippen molar-refractivity contribution in [3.63, 3.8) is 0 Å². The third kappa shape index (κ3) is 8.12. The van der Waals surface area contributed by atoms with Gasteiger partial charge in [0.05, 0.1) is 22.0 Å². The van der Waals surface area contributed by atoms with Crippen molar-refractivity contribution in [3.8, 4) is 0 Å². The summed E-state index contributed by atoms with van der Waals surface area (Å²) in [5, 5.41) is 3.58. The van der Waals surface area contributed by atoms with Gasteiger partial charge in [-0.25, -0.2) is 8.42 Å². The normalized spacial score (nSPS) is 13.1. The molecule has 0 bridgehead atoms. The smallest absolute Gasteiger partial charge is 0.244 e. The van der Waals surface area contributed by atoms with E-state index in [4.69, 9.17) is 23.2 Å². The van der Waals surface area contributed by atoms with Crippen LogP contribution in [0.4, 0.5) is 5.69 Å². The first kappa shape index (κ1) is 28.9. The summed E-state index contributed by atoms with van der Waals surface area (Å²) in [6.07, 6.45) is 1.79. The molecule has 0 saturated carbocycles. The maximum Gasteiger partial charge on any atom is 0.244 e. The average Bonchev–Trinajstić information content (AvgIpc) is 2.75. The number of carbonyl (C=O) groups excluding carboxylic acids is 2. The second-order valence-corrected chi connectivity index (χ2v) is 11.6. The quantitative estimate of drug-likeness (QED) is 0.471. The van der Waals surface area contributed by atoms with E-state index in [1.807, 2.05) is 33.8 Å².